The Morgan fingerprint density at radius 2 is 2.00 bits per heavy atom. The van der Waals surface area contributed by atoms with Crippen molar-refractivity contribution < 1.29 is 0 Å². The van der Waals surface area contributed by atoms with Crippen molar-refractivity contribution in [1.82, 2.24) is 4.57 Å². The van der Waals surface area contributed by atoms with Gasteiger partial charge in [0.05, 0.1) is 22.9 Å². The van der Waals surface area contributed by atoms with Gasteiger partial charge in [-0.15, -0.1) is 0 Å². The predicted molar refractivity (Wildman–Crippen MR) is 83.2 cm³/mol. The maximum atomic E-state index is 6.26. The van der Waals surface area contributed by atoms with Gasteiger partial charge in [-0.05, 0) is 31.2 Å². The standard InChI is InChI=1S/C15H20ClN3/c1-4-19-10-6-7-12(19)11-17-14-9-5-8-13(16)15(14)18(2)3/h5-10,17H,4,11H2,1-3H3. The SMILES string of the molecule is CCn1cccc1CNc1cccc(Cl)c1N(C)C. The Kier molecular flexibility index (Phi) is 4.38. The van der Waals surface area contributed by atoms with Crippen LogP contribution in [0.2, 0.25) is 5.02 Å². The van der Waals surface area contributed by atoms with Crippen molar-refractivity contribution in [3.8, 4) is 0 Å². The number of nitrogens with zero attached hydrogens (tertiary/aromatic N) is 2. The number of aromatic nitrogens is 1. The predicted octanol–water partition coefficient (Wildman–Crippen LogP) is 3.84. The monoisotopic (exact) mass is 277 g/mol. The highest BCUT2D eigenvalue weighted by molar-refractivity contribution is 6.34. The zero-order chi connectivity index (χ0) is 13.8. The lowest BCUT2D eigenvalue weighted by atomic mass is 10.2. The summed E-state index contributed by atoms with van der Waals surface area (Å²) in [5.74, 6) is 0. The van der Waals surface area contributed by atoms with E-state index in [0.29, 0.717) is 0 Å². The molecule has 1 aromatic heterocycles. The van der Waals surface area contributed by atoms with Crippen LogP contribution in [-0.2, 0) is 13.1 Å². The summed E-state index contributed by atoms with van der Waals surface area (Å²) in [5.41, 5.74) is 3.35. The molecular formula is C15H20ClN3. The van der Waals surface area contributed by atoms with E-state index in [4.69, 9.17) is 11.6 Å². The zero-order valence-corrected chi connectivity index (χ0v) is 12.4. The highest BCUT2D eigenvalue weighted by Gasteiger charge is 2.09. The van der Waals surface area contributed by atoms with Gasteiger partial charge in [0.25, 0.3) is 0 Å². The first-order valence-corrected chi connectivity index (χ1v) is 6.85. The molecule has 102 valence electrons. The van der Waals surface area contributed by atoms with Gasteiger partial charge < -0.3 is 14.8 Å². The molecule has 19 heavy (non-hydrogen) atoms. The van der Waals surface area contributed by atoms with Crippen molar-refractivity contribution in [1.29, 1.82) is 0 Å². The Bertz CT molecular complexity index is 546. The van der Waals surface area contributed by atoms with Gasteiger partial charge in [0.2, 0.25) is 0 Å². The second kappa shape index (κ2) is 6.02. The molecule has 0 saturated carbocycles. The lowest BCUT2D eigenvalue weighted by molar-refractivity contribution is 0.724. The molecule has 0 saturated heterocycles. The Balaban J connectivity index is 2.18. The normalized spacial score (nSPS) is 10.5. The first-order valence-electron chi connectivity index (χ1n) is 6.47. The number of hydrogen-bond donors (Lipinski definition) is 1. The molecule has 0 unspecified atom stereocenters. The maximum Gasteiger partial charge on any atom is 0.0786 e. The number of rotatable bonds is 5. The van der Waals surface area contributed by atoms with Crippen molar-refractivity contribution in [2.45, 2.75) is 20.0 Å². The van der Waals surface area contributed by atoms with Crippen LogP contribution in [0.25, 0.3) is 0 Å². The summed E-state index contributed by atoms with van der Waals surface area (Å²) in [6.07, 6.45) is 2.10. The van der Waals surface area contributed by atoms with Gasteiger partial charge in [0.15, 0.2) is 0 Å². The first-order chi connectivity index (χ1) is 9.13. The number of halogens is 1. The number of benzene rings is 1. The molecule has 0 fully saturated rings. The zero-order valence-electron chi connectivity index (χ0n) is 11.7. The number of aryl methyl sites for hydroxylation is 1. The molecule has 0 spiro atoms. The molecule has 4 heteroatoms. The van der Waals surface area contributed by atoms with Gasteiger partial charge in [-0.1, -0.05) is 17.7 Å². The molecule has 0 aliphatic carbocycles. The fourth-order valence-corrected chi connectivity index (χ4v) is 2.56. The number of para-hydroxylation sites is 1. The third-order valence-corrected chi connectivity index (χ3v) is 3.46. The molecule has 3 nitrogen and oxygen atoms in total. The van der Waals surface area contributed by atoms with E-state index in [-0.39, 0.29) is 0 Å². The summed E-state index contributed by atoms with van der Waals surface area (Å²) in [5, 5.41) is 4.23. The average molecular weight is 278 g/mol. The van der Waals surface area contributed by atoms with Crippen LogP contribution >= 0.6 is 11.6 Å². The summed E-state index contributed by atoms with van der Waals surface area (Å²) in [6, 6.07) is 10.1. The quantitative estimate of drug-likeness (QED) is 0.896. The summed E-state index contributed by atoms with van der Waals surface area (Å²) in [7, 11) is 4.00. The third kappa shape index (κ3) is 3.04. The minimum Gasteiger partial charge on any atom is -0.378 e. The van der Waals surface area contributed by atoms with Gasteiger partial charge in [-0.3, -0.25) is 0 Å². The van der Waals surface area contributed by atoms with Crippen molar-refractivity contribution in [3.63, 3.8) is 0 Å². The van der Waals surface area contributed by atoms with Crippen molar-refractivity contribution in [2.24, 2.45) is 0 Å². The molecular weight excluding hydrogens is 258 g/mol. The van der Waals surface area contributed by atoms with Crippen LogP contribution in [0.15, 0.2) is 36.5 Å². The van der Waals surface area contributed by atoms with Crippen LogP contribution < -0.4 is 10.2 Å². The smallest absolute Gasteiger partial charge is 0.0786 e. The Hall–Kier alpha value is -1.61. The molecule has 0 aliphatic rings. The number of hydrogen-bond acceptors (Lipinski definition) is 2. The van der Waals surface area contributed by atoms with Crippen LogP contribution in [-0.4, -0.2) is 18.7 Å². The molecule has 1 N–H and O–H groups in total. The summed E-state index contributed by atoms with van der Waals surface area (Å²) in [6.45, 7) is 3.93. The van der Waals surface area contributed by atoms with Gasteiger partial charge in [-0.2, -0.15) is 0 Å². The van der Waals surface area contributed by atoms with Crippen LogP contribution in [0.5, 0.6) is 0 Å². The van der Waals surface area contributed by atoms with Gasteiger partial charge >= 0.3 is 0 Å². The molecule has 0 amide bonds. The second-order valence-corrected chi connectivity index (χ2v) is 5.08. The van der Waals surface area contributed by atoms with Crippen molar-refractivity contribution in [3.05, 3.63) is 47.2 Å². The van der Waals surface area contributed by atoms with E-state index in [1.807, 2.05) is 31.1 Å². The van der Waals surface area contributed by atoms with Crippen LogP contribution in [0.1, 0.15) is 12.6 Å². The van der Waals surface area contributed by atoms with E-state index in [0.717, 1.165) is 29.5 Å². The molecule has 0 aliphatic heterocycles. The Morgan fingerprint density at radius 1 is 1.21 bits per heavy atom. The van der Waals surface area contributed by atoms with E-state index in [2.05, 4.69) is 41.2 Å². The third-order valence-electron chi connectivity index (χ3n) is 3.16. The van der Waals surface area contributed by atoms with Crippen molar-refractivity contribution in [2.75, 3.05) is 24.3 Å². The molecule has 2 rings (SSSR count). The van der Waals surface area contributed by atoms with E-state index in [1.54, 1.807) is 0 Å². The lowest BCUT2D eigenvalue weighted by Gasteiger charge is -2.20. The van der Waals surface area contributed by atoms with Crippen molar-refractivity contribution >= 4 is 23.0 Å². The maximum absolute atomic E-state index is 6.26. The van der Waals surface area contributed by atoms with Crippen LogP contribution in [0.4, 0.5) is 11.4 Å². The lowest BCUT2D eigenvalue weighted by Crippen LogP contribution is -2.13. The molecule has 0 bridgehead atoms. The minimum absolute atomic E-state index is 0.765. The van der Waals surface area contributed by atoms with E-state index < -0.39 is 0 Å². The summed E-state index contributed by atoms with van der Waals surface area (Å²) in [4.78, 5) is 2.03. The average Bonchev–Trinajstić information content (AvgIpc) is 2.83. The van der Waals surface area contributed by atoms with Gasteiger partial charge in [-0.25, -0.2) is 0 Å². The highest BCUT2D eigenvalue weighted by Crippen LogP contribution is 2.32. The van der Waals surface area contributed by atoms with E-state index in [9.17, 15) is 0 Å². The summed E-state index contributed by atoms with van der Waals surface area (Å²) >= 11 is 6.26. The number of anilines is 2. The molecule has 1 aromatic carbocycles. The Labute approximate surface area is 119 Å². The van der Waals surface area contributed by atoms with Crippen LogP contribution in [0.3, 0.4) is 0 Å². The first kappa shape index (κ1) is 13.8. The highest BCUT2D eigenvalue weighted by atomic mass is 35.5. The van der Waals surface area contributed by atoms with E-state index in [1.165, 1.54) is 5.69 Å². The van der Waals surface area contributed by atoms with E-state index >= 15 is 0 Å². The van der Waals surface area contributed by atoms with Gasteiger partial charge in [0.1, 0.15) is 0 Å². The van der Waals surface area contributed by atoms with Gasteiger partial charge in [0, 0.05) is 32.5 Å². The topological polar surface area (TPSA) is 20.2 Å². The minimum atomic E-state index is 0.765. The fourth-order valence-electron chi connectivity index (χ4n) is 2.22. The molecule has 0 atom stereocenters. The molecule has 1 heterocycles. The number of nitrogens with one attached hydrogen (secondary N) is 1. The molecule has 0 radical (unpaired) electrons. The Morgan fingerprint density at radius 3 is 2.68 bits per heavy atom. The van der Waals surface area contributed by atoms with Crippen LogP contribution in [0, 0.1) is 0 Å². The largest absolute Gasteiger partial charge is 0.378 e. The summed E-state index contributed by atoms with van der Waals surface area (Å²) < 4.78 is 2.23. The second-order valence-electron chi connectivity index (χ2n) is 4.67. The fraction of sp³-hybridized carbons (Fsp3) is 0.333. The molecule has 2 aromatic rings.